The van der Waals surface area contributed by atoms with Gasteiger partial charge in [0.15, 0.2) is 0 Å². The van der Waals surface area contributed by atoms with E-state index in [1.807, 2.05) is 0 Å². The van der Waals surface area contributed by atoms with Crippen molar-refractivity contribution >= 4 is 0 Å². The lowest BCUT2D eigenvalue weighted by Crippen LogP contribution is -2.30. The van der Waals surface area contributed by atoms with E-state index < -0.39 is 0 Å². The molecule has 1 fully saturated rings. The second-order valence-corrected chi connectivity index (χ2v) is 7.43. The summed E-state index contributed by atoms with van der Waals surface area (Å²) in [7, 11) is 0. The standard InChI is InChI=1S/C22H33N/c1-3-5-6-7-9-20-14-16-22(18-23,17-15-20)21-12-10-19(8-4-2)11-13-21/h10-13,20H,3-9,14-17H2,1-2H3/t20-,22+. The van der Waals surface area contributed by atoms with E-state index in [1.165, 1.54) is 62.5 Å². The lowest BCUT2D eigenvalue weighted by molar-refractivity contribution is 0.261. The number of hydrogen-bond acceptors (Lipinski definition) is 1. The highest BCUT2D eigenvalue weighted by atomic mass is 14.4. The Balaban J connectivity index is 1.92. The van der Waals surface area contributed by atoms with Gasteiger partial charge in [0.2, 0.25) is 0 Å². The molecule has 1 aromatic carbocycles. The quantitative estimate of drug-likeness (QED) is 0.499. The minimum Gasteiger partial charge on any atom is -0.197 e. The fourth-order valence-corrected chi connectivity index (χ4v) is 4.06. The van der Waals surface area contributed by atoms with Crippen LogP contribution in [-0.2, 0) is 11.8 Å². The molecule has 2 rings (SSSR count). The average molecular weight is 312 g/mol. The molecule has 1 aromatic rings. The van der Waals surface area contributed by atoms with Crippen LogP contribution in [0.1, 0.15) is 89.2 Å². The van der Waals surface area contributed by atoms with E-state index >= 15 is 0 Å². The molecule has 1 saturated carbocycles. The zero-order valence-corrected chi connectivity index (χ0v) is 15.1. The molecule has 0 radical (unpaired) electrons. The van der Waals surface area contributed by atoms with Gasteiger partial charge in [0, 0.05) is 0 Å². The maximum atomic E-state index is 9.85. The molecule has 0 N–H and O–H groups in total. The van der Waals surface area contributed by atoms with Crippen LogP contribution >= 0.6 is 0 Å². The van der Waals surface area contributed by atoms with E-state index in [0.717, 1.165) is 25.2 Å². The number of nitrogens with zero attached hydrogens (tertiary/aromatic N) is 1. The molecule has 0 bridgehead atoms. The fraction of sp³-hybridized carbons (Fsp3) is 0.682. The maximum absolute atomic E-state index is 9.85. The highest BCUT2D eigenvalue weighted by Crippen LogP contribution is 2.42. The van der Waals surface area contributed by atoms with Gasteiger partial charge in [-0.15, -0.1) is 0 Å². The Morgan fingerprint density at radius 1 is 1.00 bits per heavy atom. The highest BCUT2D eigenvalue weighted by molar-refractivity contribution is 5.35. The van der Waals surface area contributed by atoms with Gasteiger partial charge in [-0.3, -0.25) is 0 Å². The average Bonchev–Trinajstić information content (AvgIpc) is 2.60. The molecule has 0 heterocycles. The molecule has 0 atom stereocenters. The van der Waals surface area contributed by atoms with Crippen LogP contribution in [0, 0.1) is 17.2 Å². The third kappa shape index (κ3) is 4.84. The fourth-order valence-electron chi connectivity index (χ4n) is 4.06. The van der Waals surface area contributed by atoms with Gasteiger partial charge in [-0.25, -0.2) is 0 Å². The number of aryl methyl sites for hydroxylation is 1. The summed E-state index contributed by atoms with van der Waals surface area (Å²) in [6, 6.07) is 11.6. The first-order chi connectivity index (χ1) is 11.2. The minimum absolute atomic E-state index is 0.218. The molecule has 1 aliphatic rings. The molecule has 126 valence electrons. The summed E-state index contributed by atoms with van der Waals surface area (Å²) in [5.41, 5.74) is 2.43. The molecule has 1 heteroatoms. The van der Waals surface area contributed by atoms with Gasteiger partial charge in [0.1, 0.15) is 0 Å². The summed E-state index contributed by atoms with van der Waals surface area (Å²) in [6.07, 6.45) is 13.7. The van der Waals surface area contributed by atoms with Crippen molar-refractivity contribution in [3.8, 4) is 6.07 Å². The Morgan fingerprint density at radius 2 is 1.70 bits per heavy atom. The highest BCUT2D eigenvalue weighted by Gasteiger charge is 2.36. The predicted molar refractivity (Wildman–Crippen MR) is 98.4 cm³/mol. The van der Waals surface area contributed by atoms with Gasteiger partial charge in [-0.05, 0) is 49.1 Å². The summed E-state index contributed by atoms with van der Waals surface area (Å²) < 4.78 is 0. The van der Waals surface area contributed by atoms with E-state index in [2.05, 4.69) is 44.2 Å². The second-order valence-electron chi connectivity index (χ2n) is 7.43. The number of nitriles is 1. The number of hydrogen-bond donors (Lipinski definition) is 0. The van der Waals surface area contributed by atoms with Gasteiger partial charge in [-0.1, -0.05) is 76.6 Å². The van der Waals surface area contributed by atoms with Crippen LogP contribution < -0.4 is 0 Å². The van der Waals surface area contributed by atoms with Crippen LogP contribution in [0.2, 0.25) is 0 Å². The third-order valence-electron chi connectivity index (χ3n) is 5.68. The van der Waals surface area contributed by atoms with Gasteiger partial charge in [0.25, 0.3) is 0 Å². The van der Waals surface area contributed by atoms with E-state index in [-0.39, 0.29) is 5.41 Å². The summed E-state index contributed by atoms with van der Waals surface area (Å²) >= 11 is 0. The lowest BCUT2D eigenvalue weighted by atomic mass is 9.66. The number of unbranched alkanes of at least 4 members (excludes halogenated alkanes) is 3. The molecule has 0 aliphatic heterocycles. The molecule has 0 unspecified atom stereocenters. The second kappa shape index (κ2) is 9.11. The topological polar surface area (TPSA) is 23.8 Å². The Morgan fingerprint density at radius 3 is 2.26 bits per heavy atom. The summed E-state index contributed by atoms with van der Waals surface area (Å²) in [4.78, 5) is 0. The molecule has 0 amide bonds. The van der Waals surface area contributed by atoms with Crippen molar-refractivity contribution in [2.75, 3.05) is 0 Å². The van der Waals surface area contributed by atoms with Crippen molar-refractivity contribution in [2.45, 2.75) is 89.9 Å². The molecule has 0 spiro atoms. The number of benzene rings is 1. The molecule has 1 nitrogen and oxygen atoms in total. The van der Waals surface area contributed by atoms with E-state index in [1.54, 1.807) is 0 Å². The zero-order chi connectivity index (χ0) is 16.5. The van der Waals surface area contributed by atoms with Gasteiger partial charge in [-0.2, -0.15) is 5.26 Å². The van der Waals surface area contributed by atoms with Crippen molar-refractivity contribution in [3.63, 3.8) is 0 Å². The smallest absolute Gasteiger partial charge is 0.0822 e. The Kier molecular flexibility index (Phi) is 7.15. The van der Waals surface area contributed by atoms with Crippen LogP contribution in [0.5, 0.6) is 0 Å². The van der Waals surface area contributed by atoms with Crippen molar-refractivity contribution in [1.82, 2.24) is 0 Å². The molecule has 0 aromatic heterocycles. The van der Waals surface area contributed by atoms with Crippen LogP contribution in [-0.4, -0.2) is 0 Å². The van der Waals surface area contributed by atoms with E-state index in [9.17, 15) is 5.26 Å². The van der Waals surface area contributed by atoms with Crippen molar-refractivity contribution < 1.29 is 0 Å². The molecule has 0 saturated heterocycles. The van der Waals surface area contributed by atoms with Crippen LogP contribution in [0.15, 0.2) is 24.3 Å². The van der Waals surface area contributed by atoms with E-state index in [0.29, 0.717) is 0 Å². The summed E-state index contributed by atoms with van der Waals surface area (Å²) in [5, 5.41) is 9.85. The SMILES string of the molecule is CCCCCC[C@H]1CC[C@@](C#N)(c2ccc(CCC)cc2)CC1. The first-order valence-corrected chi connectivity index (χ1v) is 9.74. The summed E-state index contributed by atoms with van der Waals surface area (Å²) in [6.45, 7) is 4.49. The molecule has 23 heavy (non-hydrogen) atoms. The third-order valence-corrected chi connectivity index (χ3v) is 5.68. The minimum atomic E-state index is -0.218. The van der Waals surface area contributed by atoms with Crippen LogP contribution in [0.25, 0.3) is 0 Å². The molecular weight excluding hydrogens is 278 g/mol. The van der Waals surface area contributed by atoms with Crippen molar-refractivity contribution in [1.29, 1.82) is 5.26 Å². The van der Waals surface area contributed by atoms with E-state index in [4.69, 9.17) is 0 Å². The zero-order valence-electron chi connectivity index (χ0n) is 15.1. The predicted octanol–water partition coefficient (Wildman–Crippen LogP) is 6.56. The normalized spacial score (nSPS) is 24.3. The number of rotatable bonds is 8. The van der Waals surface area contributed by atoms with Gasteiger partial charge in [0.05, 0.1) is 11.5 Å². The van der Waals surface area contributed by atoms with Crippen LogP contribution in [0.4, 0.5) is 0 Å². The maximum Gasteiger partial charge on any atom is 0.0822 e. The van der Waals surface area contributed by atoms with Gasteiger partial charge >= 0.3 is 0 Å². The van der Waals surface area contributed by atoms with Crippen molar-refractivity contribution in [2.24, 2.45) is 5.92 Å². The monoisotopic (exact) mass is 311 g/mol. The van der Waals surface area contributed by atoms with Gasteiger partial charge < -0.3 is 0 Å². The Bertz CT molecular complexity index is 486. The molecule has 1 aliphatic carbocycles. The largest absolute Gasteiger partial charge is 0.197 e. The Hall–Kier alpha value is -1.29. The first kappa shape index (κ1) is 18.1. The summed E-state index contributed by atoms with van der Waals surface area (Å²) in [5.74, 6) is 0.854. The molecular formula is C22H33N. The first-order valence-electron chi connectivity index (χ1n) is 9.74. The van der Waals surface area contributed by atoms with Crippen molar-refractivity contribution in [3.05, 3.63) is 35.4 Å². The van der Waals surface area contributed by atoms with Crippen LogP contribution in [0.3, 0.4) is 0 Å². The lowest BCUT2D eigenvalue weighted by Gasteiger charge is -2.35. The Labute approximate surface area is 143 Å².